The van der Waals surface area contributed by atoms with Gasteiger partial charge in [-0.25, -0.2) is 4.79 Å². The summed E-state index contributed by atoms with van der Waals surface area (Å²) in [5, 5.41) is 31.4. The summed E-state index contributed by atoms with van der Waals surface area (Å²) in [4.78, 5) is 8.56. The van der Waals surface area contributed by atoms with Crippen LogP contribution in [0.1, 0.15) is 2.85 Å². The van der Waals surface area contributed by atoms with Crippen molar-refractivity contribution >= 4 is 35.4 Å². The van der Waals surface area contributed by atoms with Crippen LogP contribution in [-0.4, -0.2) is 55.7 Å². The Balaban J connectivity index is -0.000000127. The molecular weight excluding hydrogens is 261 g/mol. The van der Waals surface area contributed by atoms with Gasteiger partial charge in [0.15, 0.2) is 0 Å². The maximum Gasteiger partial charge on any atom is 1.00 e. The molecule has 10 nitrogen and oxygen atoms in total. The molecule has 2 fully saturated rings. The van der Waals surface area contributed by atoms with Crippen molar-refractivity contribution in [2.75, 3.05) is 0 Å². The molecule has 2 aliphatic rings. The fourth-order valence-corrected chi connectivity index (χ4v) is 0.728. The van der Waals surface area contributed by atoms with Crippen molar-refractivity contribution < 1.29 is 110 Å². The molecule has 2 aliphatic heterocycles. The fraction of sp³-hybridized carbons (Fsp3) is 0. The van der Waals surface area contributed by atoms with Crippen LogP contribution in [0.5, 0.6) is 0 Å². The molecule has 4 N–H and O–H groups in total. The van der Waals surface area contributed by atoms with Crippen molar-refractivity contribution in [2.24, 2.45) is 0 Å². The summed E-state index contributed by atoms with van der Waals surface area (Å²) >= 11 is 0. The molecule has 0 unspecified atom stereocenters. The molecule has 0 saturated carbocycles. The minimum atomic E-state index is -1.83. The molecule has 2 saturated heterocycles. The largest absolute Gasteiger partial charge is 1.00 e. The summed E-state index contributed by atoms with van der Waals surface area (Å²) in [6.07, 6.45) is -1.83. The second-order valence-corrected chi connectivity index (χ2v) is 2.15. The first-order valence-corrected chi connectivity index (χ1v) is 3.52. The molecule has 17 heavy (non-hydrogen) atoms. The van der Waals surface area contributed by atoms with E-state index in [4.69, 9.17) is 25.1 Å². The summed E-state index contributed by atoms with van der Waals surface area (Å²) in [6, 6.07) is 0. The maximum atomic E-state index is 8.74. The van der Waals surface area contributed by atoms with Gasteiger partial charge in [0.25, 0.3) is 0 Å². The molecule has 0 aromatic rings. The second kappa shape index (κ2) is 10.1. The van der Waals surface area contributed by atoms with Gasteiger partial charge in [-0.3, -0.25) is 0 Å². The van der Waals surface area contributed by atoms with Crippen LogP contribution in [0, 0.1) is 0 Å². The fourth-order valence-electron chi connectivity index (χ4n) is 0.728. The molecule has 16 heteroatoms. The van der Waals surface area contributed by atoms with Gasteiger partial charge in [-0.2, -0.15) is 0 Å². The number of carboxylic acid groups (broad SMARTS) is 2. The van der Waals surface area contributed by atoms with Crippen LogP contribution in [0.3, 0.4) is 0 Å². The van der Waals surface area contributed by atoms with Gasteiger partial charge >= 0.3 is 94.6 Å². The third-order valence-corrected chi connectivity index (χ3v) is 1.13. The predicted molar refractivity (Wildman–Crippen MR) is 45.8 cm³/mol. The molecule has 0 aromatic carbocycles. The topological polar surface area (TPSA) is 144 Å². The second-order valence-electron chi connectivity index (χ2n) is 2.15. The molecule has 0 atom stereocenters. The van der Waals surface area contributed by atoms with Gasteiger partial charge in [-0.15, -0.1) is 0 Å². The number of rotatable bonds is 0. The number of hydrogen-bond donors (Lipinski definition) is 4. The first-order chi connectivity index (χ1) is 6.97. The van der Waals surface area contributed by atoms with Crippen LogP contribution in [-0.2, 0) is 22.9 Å². The standard InChI is InChI=1S/CH2O3.B4H2O7.2Na.2H/c2-1(3)4;5-1-7-3-9-2(6)10-4(8-1)11-3;;;;/h(H2,2,3,4);5-6H;;;;/q;;2*+1;2*-1. The third kappa shape index (κ3) is 8.88. The Morgan fingerprint density at radius 3 is 1.29 bits per heavy atom. The minimum absolute atomic E-state index is 0. The normalized spacial score (nSPS) is 17.3. The molecule has 0 amide bonds. The summed E-state index contributed by atoms with van der Waals surface area (Å²) in [6.45, 7) is 0. The van der Waals surface area contributed by atoms with Gasteiger partial charge in [0, 0.05) is 0 Å². The first-order valence-electron chi connectivity index (χ1n) is 3.52. The molecule has 0 radical (unpaired) electrons. The monoisotopic (exact) mass is 268 g/mol. The Labute approximate surface area is 144 Å². The van der Waals surface area contributed by atoms with Crippen LogP contribution in [0.2, 0.25) is 0 Å². The molecule has 2 rings (SSSR count). The van der Waals surface area contributed by atoms with E-state index in [9.17, 15) is 0 Å². The van der Waals surface area contributed by atoms with Crippen molar-refractivity contribution in [2.45, 2.75) is 0 Å². The van der Waals surface area contributed by atoms with Crippen molar-refractivity contribution in [1.29, 1.82) is 0 Å². The quantitative estimate of drug-likeness (QED) is 0.312. The predicted octanol–water partition coefficient (Wildman–Crippen LogP) is -8.52. The van der Waals surface area contributed by atoms with E-state index in [1.165, 1.54) is 0 Å². The average Bonchev–Trinajstić information content (AvgIpc) is 1.98. The maximum absolute atomic E-state index is 8.74. The molecule has 0 spiro atoms. The van der Waals surface area contributed by atoms with Crippen LogP contribution in [0.15, 0.2) is 0 Å². The Morgan fingerprint density at radius 1 is 0.824 bits per heavy atom. The molecule has 0 aliphatic carbocycles. The Morgan fingerprint density at radius 2 is 1.06 bits per heavy atom. The van der Waals surface area contributed by atoms with Gasteiger partial charge in [0.05, 0.1) is 0 Å². The zero-order chi connectivity index (χ0) is 11.4. The first kappa shape index (κ1) is 20.6. The van der Waals surface area contributed by atoms with E-state index in [1.54, 1.807) is 0 Å². The van der Waals surface area contributed by atoms with Gasteiger partial charge in [0.2, 0.25) is 0 Å². The smallest absolute Gasteiger partial charge is 1.00 e. The molecule has 0 aromatic heterocycles. The number of carbonyl (C=O) groups is 1. The van der Waals surface area contributed by atoms with Crippen LogP contribution >= 0.6 is 0 Å². The summed E-state index contributed by atoms with van der Waals surface area (Å²) in [7, 11) is -5.20. The molecular formula is CH6B4Na2O10. The zero-order valence-electron chi connectivity index (χ0n) is 11.0. The van der Waals surface area contributed by atoms with Gasteiger partial charge < -0.3 is 46.0 Å². The van der Waals surface area contributed by atoms with Gasteiger partial charge in [-0.1, -0.05) is 0 Å². The Hall–Kier alpha value is 1.25. The van der Waals surface area contributed by atoms with E-state index in [2.05, 4.69) is 22.9 Å². The van der Waals surface area contributed by atoms with Gasteiger partial charge in [-0.05, 0) is 0 Å². The molecule has 2 heterocycles. The van der Waals surface area contributed by atoms with E-state index in [0.29, 0.717) is 0 Å². The van der Waals surface area contributed by atoms with E-state index >= 15 is 0 Å². The molecule has 84 valence electrons. The van der Waals surface area contributed by atoms with Crippen LogP contribution in [0.25, 0.3) is 0 Å². The summed E-state index contributed by atoms with van der Waals surface area (Å²) in [5.41, 5.74) is 0. The minimum Gasteiger partial charge on any atom is -1.00 e. The van der Waals surface area contributed by atoms with Crippen molar-refractivity contribution in [3.63, 3.8) is 0 Å². The van der Waals surface area contributed by atoms with E-state index in [1.807, 2.05) is 0 Å². The Bertz CT molecular complexity index is 202. The SMILES string of the molecule is O=C(O)O.OB1OB2OB(O)OB(O1)O2.[H-].[H-].[Na+].[Na+]. The number of hydrogen-bond acceptors (Lipinski definition) is 8. The van der Waals surface area contributed by atoms with E-state index in [-0.39, 0.29) is 62.0 Å². The van der Waals surface area contributed by atoms with Crippen molar-refractivity contribution in [3.05, 3.63) is 0 Å². The Kier molecular flexibility index (Phi) is 12.2. The third-order valence-electron chi connectivity index (χ3n) is 1.13. The van der Waals surface area contributed by atoms with Crippen LogP contribution < -0.4 is 59.1 Å². The zero-order valence-corrected chi connectivity index (χ0v) is 13.0. The van der Waals surface area contributed by atoms with Crippen LogP contribution in [0.4, 0.5) is 4.79 Å². The van der Waals surface area contributed by atoms with E-state index < -0.39 is 35.4 Å². The van der Waals surface area contributed by atoms with Crippen molar-refractivity contribution in [1.82, 2.24) is 0 Å². The number of fused-ring (bicyclic) bond motifs is 2. The molecule has 2 bridgehead atoms. The van der Waals surface area contributed by atoms with Crippen molar-refractivity contribution in [3.8, 4) is 0 Å². The van der Waals surface area contributed by atoms with E-state index in [0.717, 1.165) is 0 Å². The summed E-state index contributed by atoms with van der Waals surface area (Å²) < 4.78 is 22.6. The average molecular weight is 267 g/mol. The van der Waals surface area contributed by atoms with Gasteiger partial charge in [0.1, 0.15) is 0 Å². The summed E-state index contributed by atoms with van der Waals surface area (Å²) in [5.74, 6) is 0.